The first-order valence-electron chi connectivity index (χ1n) is 5.53. The average molecular weight is 291 g/mol. The summed E-state index contributed by atoms with van der Waals surface area (Å²) in [7, 11) is -3.70. The standard InChI is InChI=1S/C11H15ClN2O3S/c1-7-3-2-4-8(12)11(7)18(16,17)14-5-9(13)10(15)6-14/h2-4,9-10,15H,5-6,13H2,1H3/t9-,10-/m1/s1. The summed E-state index contributed by atoms with van der Waals surface area (Å²) in [4.78, 5) is 0.0907. The number of aliphatic hydroxyl groups is 1. The highest BCUT2D eigenvalue weighted by Gasteiger charge is 2.38. The number of benzene rings is 1. The summed E-state index contributed by atoms with van der Waals surface area (Å²) < 4.78 is 26.1. The molecule has 1 aliphatic rings. The van der Waals surface area contributed by atoms with Crippen LogP contribution in [0.3, 0.4) is 0 Å². The maximum absolute atomic E-state index is 12.4. The smallest absolute Gasteiger partial charge is 0.244 e. The van der Waals surface area contributed by atoms with Gasteiger partial charge >= 0.3 is 0 Å². The Morgan fingerprint density at radius 3 is 2.61 bits per heavy atom. The molecule has 0 unspecified atom stereocenters. The molecule has 3 N–H and O–H groups in total. The predicted molar refractivity (Wildman–Crippen MR) is 68.9 cm³/mol. The van der Waals surface area contributed by atoms with Crippen molar-refractivity contribution < 1.29 is 13.5 Å². The van der Waals surface area contributed by atoms with Crippen molar-refractivity contribution in [1.82, 2.24) is 4.31 Å². The minimum atomic E-state index is -3.70. The molecular weight excluding hydrogens is 276 g/mol. The molecule has 18 heavy (non-hydrogen) atoms. The largest absolute Gasteiger partial charge is 0.390 e. The van der Waals surface area contributed by atoms with Crippen LogP contribution in [0.15, 0.2) is 23.1 Å². The summed E-state index contributed by atoms with van der Waals surface area (Å²) in [6.07, 6.45) is -0.831. The fourth-order valence-electron chi connectivity index (χ4n) is 2.04. The topological polar surface area (TPSA) is 83.6 Å². The Balaban J connectivity index is 2.44. The van der Waals surface area contributed by atoms with Crippen LogP contribution in [-0.2, 0) is 10.0 Å². The Morgan fingerprint density at radius 2 is 2.11 bits per heavy atom. The van der Waals surface area contributed by atoms with Crippen molar-refractivity contribution in [2.45, 2.75) is 24.0 Å². The van der Waals surface area contributed by atoms with Crippen molar-refractivity contribution >= 4 is 21.6 Å². The van der Waals surface area contributed by atoms with Crippen LogP contribution in [0.4, 0.5) is 0 Å². The number of aliphatic hydroxyl groups excluding tert-OH is 1. The van der Waals surface area contributed by atoms with E-state index in [2.05, 4.69) is 0 Å². The zero-order chi connectivity index (χ0) is 13.5. The fraction of sp³-hybridized carbons (Fsp3) is 0.455. The van der Waals surface area contributed by atoms with E-state index in [0.717, 1.165) is 0 Å². The molecule has 0 saturated carbocycles. The maximum atomic E-state index is 12.4. The number of hydrogen-bond acceptors (Lipinski definition) is 4. The van der Waals surface area contributed by atoms with Gasteiger partial charge in [-0.2, -0.15) is 4.31 Å². The highest BCUT2D eigenvalue weighted by atomic mass is 35.5. The molecular formula is C11H15ClN2O3S. The molecule has 1 heterocycles. The number of nitrogens with zero attached hydrogens (tertiary/aromatic N) is 1. The van der Waals surface area contributed by atoms with Gasteiger partial charge in [-0.15, -0.1) is 0 Å². The Labute approximate surface area is 111 Å². The molecule has 5 nitrogen and oxygen atoms in total. The van der Waals surface area contributed by atoms with Crippen molar-refractivity contribution in [3.05, 3.63) is 28.8 Å². The van der Waals surface area contributed by atoms with Crippen LogP contribution < -0.4 is 5.73 Å². The van der Waals surface area contributed by atoms with Gasteiger partial charge in [-0.25, -0.2) is 8.42 Å². The molecule has 100 valence electrons. The van der Waals surface area contributed by atoms with Crippen LogP contribution in [-0.4, -0.2) is 43.1 Å². The number of halogens is 1. The lowest BCUT2D eigenvalue weighted by Crippen LogP contribution is -2.33. The molecule has 0 aliphatic carbocycles. The summed E-state index contributed by atoms with van der Waals surface area (Å²) in [5.41, 5.74) is 6.21. The van der Waals surface area contributed by atoms with Crippen LogP contribution in [0.5, 0.6) is 0 Å². The number of sulfonamides is 1. The number of β-amino-alcohol motifs (C(OH)–C–C–N with tert-alkyl or cyclic N) is 1. The van der Waals surface area contributed by atoms with Crippen molar-refractivity contribution in [2.24, 2.45) is 5.73 Å². The number of rotatable bonds is 2. The minimum Gasteiger partial charge on any atom is -0.390 e. The number of aryl methyl sites for hydroxylation is 1. The summed E-state index contributed by atoms with van der Waals surface area (Å²) in [5, 5.41) is 9.74. The van der Waals surface area contributed by atoms with E-state index in [0.29, 0.717) is 5.56 Å². The summed E-state index contributed by atoms with van der Waals surface area (Å²) >= 11 is 5.97. The zero-order valence-corrected chi connectivity index (χ0v) is 11.4. The van der Waals surface area contributed by atoms with Gasteiger partial charge in [0.25, 0.3) is 0 Å². The monoisotopic (exact) mass is 290 g/mol. The maximum Gasteiger partial charge on any atom is 0.244 e. The molecule has 2 atom stereocenters. The highest BCUT2D eigenvalue weighted by Crippen LogP contribution is 2.29. The van der Waals surface area contributed by atoms with Gasteiger partial charge in [-0.1, -0.05) is 23.7 Å². The molecule has 7 heteroatoms. The van der Waals surface area contributed by atoms with Gasteiger partial charge < -0.3 is 10.8 Å². The molecule has 1 aliphatic heterocycles. The van der Waals surface area contributed by atoms with Gasteiger partial charge in [0.1, 0.15) is 4.90 Å². The lowest BCUT2D eigenvalue weighted by Gasteiger charge is -2.18. The van der Waals surface area contributed by atoms with E-state index in [1.54, 1.807) is 19.1 Å². The molecule has 0 spiro atoms. The molecule has 1 aromatic rings. The highest BCUT2D eigenvalue weighted by molar-refractivity contribution is 7.89. The van der Waals surface area contributed by atoms with E-state index in [1.807, 2.05) is 0 Å². The first kappa shape index (κ1) is 13.8. The van der Waals surface area contributed by atoms with Crippen LogP contribution in [0.1, 0.15) is 5.56 Å². The van der Waals surface area contributed by atoms with E-state index in [1.165, 1.54) is 10.4 Å². The van der Waals surface area contributed by atoms with E-state index < -0.39 is 22.2 Å². The van der Waals surface area contributed by atoms with E-state index >= 15 is 0 Å². The van der Waals surface area contributed by atoms with Gasteiger partial charge in [0.05, 0.1) is 11.1 Å². The van der Waals surface area contributed by atoms with Crippen molar-refractivity contribution in [3.8, 4) is 0 Å². The van der Waals surface area contributed by atoms with Crippen LogP contribution in [0.25, 0.3) is 0 Å². The second-order valence-corrected chi connectivity index (χ2v) is 6.72. The Kier molecular flexibility index (Phi) is 3.66. The second kappa shape index (κ2) is 4.79. The van der Waals surface area contributed by atoms with E-state index in [-0.39, 0.29) is 23.0 Å². The fourth-order valence-corrected chi connectivity index (χ4v) is 4.32. The van der Waals surface area contributed by atoms with Crippen molar-refractivity contribution in [1.29, 1.82) is 0 Å². The third-order valence-electron chi connectivity index (χ3n) is 3.06. The Bertz CT molecular complexity index is 531. The van der Waals surface area contributed by atoms with Crippen LogP contribution >= 0.6 is 11.6 Å². The van der Waals surface area contributed by atoms with Gasteiger partial charge in [0.2, 0.25) is 10.0 Å². The number of hydrogen-bond donors (Lipinski definition) is 2. The molecule has 1 fully saturated rings. The Hall–Kier alpha value is -0.660. The van der Waals surface area contributed by atoms with E-state index in [9.17, 15) is 13.5 Å². The van der Waals surface area contributed by atoms with Gasteiger partial charge in [0, 0.05) is 19.1 Å². The van der Waals surface area contributed by atoms with Crippen LogP contribution in [0, 0.1) is 6.92 Å². The zero-order valence-electron chi connectivity index (χ0n) is 9.88. The third kappa shape index (κ3) is 2.26. The Morgan fingerprint density at radius 1 is 1.44 bits per heavy atom. The molecule has 0 bridgehead atoms. The first-order valence-corrected chi connectivity index (χ1v) is 7.34. The first-order chi connectivity index (χ1) is 8.34. The molecule has 0 aromatic heterocycles. The molecule has 1 aromatic carbocycles. The average Bonchev–Trinajstić information content (AvgIpc) is 2.59. The van der Waals surface area contributed by atoms with Gasteiger partial charge in [-0.3, -0.25) is 0 Å². The minimum absolute atomic E-state index is 0.00810. The predicted octanol–water partition coefficient (Wildman–Crippen LogP) is 0.341. The van der Waals surface area contributed by atoms with Crippen LogP contribution in [0.2, 0.25) is 5.02 Å². The third-order valence-corrected chi connectivity index (χ3v) is 5.52. The molecule has 0 amide bonds. The lowest BCUT2D eigenvalue weighted by atomic mass is 10.2. The van der Waals surface area contributed by atoms with Gasteiger partial charge in [0.15, 0.2) is 0 Å². The van der Waals surface area contributed by atoms with Crippen molar-refractivity contribution in [3.63, 3.8) is 0 Å². The lowest BCUT2D eigenvalue weighted by molar-refractivity contribution is 0.174. The second-order valence-electron chi connectivity index (χ2n) is 4.44. The van der Waals surface area contributed by atoms with E-state index in [4.69, 9.17) is 17.3 Å². The summed E-state index contributed by atoms with van der Waals surface area (Å²) in [6, 6.07) is 4.36. The molecule has 1 saturated heterocycles. The molecule has 2 rings (SSSR count). The quantitative estimate of drug-likeness (QED) is 0.823. The number of nitrogens with two attached hydrogens (primary N) is 1. The summed E-state index contributed by atoms with van der Waals surface area (Å²) in [6.45, 7) is 1.80. The normalized spacial score (nSPS) is 25.6. The molecule has 0 radical (unpaired) electrons. The van der Waals surface area contributed by atoms with Gasteiger partial charge in [-0.05, 0) is 18.6 Å². The van der Waals surface area contributed by atoms with Crippen molar-refractivity contribution in [2.75, 3.05) is 13.1 Å². The SMILES string of the molecule is Cc1cccc(Cl)c1S(=O)(=O)N1C[C@@H](N)[C@H](O)C1. The summed E-state index contributed by atoms with van der Waals surface area (Å²) in [5.74, 6) is 0.